The van der Waals surface area contributed by atoms with Gasteiger partial charge < -0.3 is 20.5 Å². The molecule has 1 heterocycles. The van der Waals surface area contributed by atoms with Gasteiger partial charge in [0.2, 0.25) is 5.91 Å². The predicted molar refractivity (Wildman–Crippen MR) is 125 cm³/mol. The highest BCUT2D eigenvalue weighted by Crippen LogP contribution is 2.23. The number of carboxylic acid groups (broad SMARTS) is 1. The summed E-state index contributed by atoms with van der Waals surface area (Å²) in [4.78, 5) is 34.7. The minimum atomic E-state index is -1.06. The number of amidine groups is 1. The first-order valence-electron chi connectivity index (χ1n) is 9.44. The molecule has 0 saturated carbocycles. The van der Waals surface area contributed by atoms with Crippen LogP contribution in [0.15, 0.2) is 63.2 Å². The Morgan fingerprint density at radius 2 is 2.03 bits per heavy atom. The van der Waals surface area contributed by atoms with Crippen LogP contribution in [0.4, 0.5) is 0 Å². The van der Waals surface area contributed by atoms with Crippen molar-refractivity contribution < 1.29 is 24.2 Å². The van der Waals surface area contributed by atoms with Gasteiger partial charge in [-0.2, -0.15) is 5.10 Å². The maximum absolute atomic E-state index is 12.1. The van der Waals surface area contributed by atoms with Crippen molar-refractivity contribution in [2.45, 2.75) is 18.2 Å². The van der Waals surface area contributed by atoms with Gasteiger partial charge in [-0.15, -0.1) is 5.10 Å². The summed E-state index contributed by atoms with van der Waals surface area (Å²) in [6.45, 7) is 0.230. The highest BCUT2D eigenvalue weighted by molar-refractivity contribution is 9.10. The van der Waals surface area contributed by atoms with Crippen LogP contribution in [0.1, 0.15) is 17.5 Å². The number of ether oxygens (including phenoxy) is 1. The van der Waals surface area contributed by atoms with Crippen molar-refractivity contribution in [1.82, 2.24) is 10.6 Å². The molecular formula is C21H19BrN4O5S. The Labute approximate surface area is 196 Å². The molecule has 3 rings (SSSR count). The lowest BCUT2D eigenvalue weighted by molar-refractivity contribution is -0.138. The number of aliphatic carboxylic acids is 1. The summed E-state index contributed by atoms with van der Waals surface area (Å²) in [5.41, 5.74) is 1.55. The number of halogens is 1. The van der Waals surface area contributed by atoms with Crippen molar-refractivity contribution in [3.63, 3.8) is 0 Å². The third-order valence-corrected chi connectivity index (χ3v) is 5.71. The third-order valence-electron chi connectivity index (χ3n) is 4.14. The number of nitrogens with one attached hydrogen (secondary N) is 2. The molecule has 1 atom stereocenters. The first-order valence-corrected chi connectivity index (χ1v) is 11.1. The van der Waals surface area contributed by atoms with Crippen LogP contribution in [0, 0.1) is 0 Å². The Kier molecular flexibility index (Phi) is 8.40. The van der Waals surface area contributed by atoms with E-state index in [4.69, 9.17) is 9.84 Å². The molecule has 0 spiro atoms. The normalized spacial score (nSPS) is 16.8. The number of carbonyl (C=O) groups excluding carboxylic acids is 2. The molecule has 1 aliphatic heterocycles. The average Bonchev–Trinajstić information content (AvgIpc) is 3.10. The number of hydrogen-bond acceptors (Lipinski definition) is 7. The van der Waals surface area contributed by atoms with Gasteiger partial charge in [-0.1, -0.05) is 58.0 Å². The first-order chi connectivity index (χ1) is 15.4. The number of hydrogen-bond donors (Lipinski definition) is 3. The molecule has 2 amide bonds. The largest absolute Gasteiger partial charge is 0.483 e. The van der Waals surface area contributed by atoms with E-state index in [9.17, 15) is 14.4 Å². The molecule has 1 fully saturated rings. The minimum absolute atomic E-state index is 0.174. The molecule has 3 N–H and O–H groups in total. The number of carbonyl (C=O) groups is 3. The third kappa shape index (κ3) is 7.20. The van der Waals surface area contributed by atoms with Crippen molar-refractivity contribution in [3.05, 3.63) is 64.1 Å². The summed E-state index contributed by atoms with van der Waals surface area (Å²) in [6, 6.07) is 14.7. The Morgan fingerprint density at radius 1 is 1.25 bits per heavy atom. The van der Waals surface area contributed by atoms with E-state index in [0.29, 0.717) is 17.9 Å². The smallest absolute Gasteiger partial charge is 0.305 e. The summed E-state index contributed by atoms with van der Waals surface area (Å²) in [5, 5.41) is 21.5. The second-order valence-electron chi connectivity index (χ2n) is 6.58. The molecule has 0 aliphatic carbocycles. The van der Waals surface area contributed by atoms with Crippen LogP contribution in [0.3, 0.4) is 0 Å². The van der Waals surface area contributed by atoms with Crippen LogP contribution in [0.2, 0.25) is 0 Å². The van der Waals surface area contributed by atoms with Crippen LogP contribution >= 0.6 is 27.7 Å². The van der Waals surface area contributed by atoms with Crippen molar-refractivity contribution in [2.75, 3.05) is 6.61 Å². The fourth-order valence-corrected chi connectivity index (χ4v) is 3.93. The van der Waals surface area contributed by atoms with Crippen molar-refractivity contribution in [3.8, 4) is 5.75 Å². The molecule has 0 radical (unpaired) electrons. The lowest BCUT2D eigenvalue weighted by Gasteiger charge is -2.10. The van der Waals surface area contributed by atoms with Crippen LogP contribution in [-0.4, -0.2) is 46.1 Å². The second-order valence-corrected chi connectivity index (χ2v) is 8.68. The predicted octanol–water partition coefficient (Wildman–Crippen LogP) is 2.54. The molecule has 2 aromatic rings. The van der Waals surface area contributed by atoms with Gasteiger partial charge in [0.15, 0.2) is 11.8 Å². The number of rotatable bonds is 9. The highest BCUT2D eigenvalue weighted by atomic mass is 79.9. The Morgan fingerprint density at radius 3 is 2.78 bits per heavy atom. The van der Waals surface area contributed by atoms with Gasteiger partial charge >= 0.3 is 5.97 Å². The zero-order valence-corrected chi connectivity index (χ0v) is 19.1. The Hall–Kier alpha value is -3.18. The molecule has 0 bridgehead atoms. The first kappa shape index (κ1) is 23.5. The quantitative estimate of drug-likeness (QED) is 0.345. The monoisotopic (exact) mass is 518 g/mol. The van der Waals surface area contributed by atoms with E-state index in [0.717, 1.165) is 21.8 Å². The minimum Gasteiger partial charge on any atom is -0.483 e. The molecule has 166 valence electrons. The van der Waals surface area contributed by atoms with Crippen molar-refractivity contribution in [2.24, 2.45) is 10.2 Å². The lowest BCUT2D eigenvalue weighted by Crippen LogP contribution is -2.28. The highest BCUT2D eigenvalue weighted by Gasteiger charge is 2.32. The Bertz CT molecular complexity index is 1060. The lowest BCUT2D eigenvalue weighted by atomic mass is 10.2. The number of carboxylic acids is 1. The van der Waals surface area contributed by atoms with E-state index in [-0.39, 0.29) is 24.1 Å². The summed E-state index contributed by atoms with van der Waals surface area (Å²) in [6.07, 6.45) is 1.13. The van der Waals surface area contributed by atoms with Gasteiger partial charge in [0, 0.05) is 16.6 Å². The van der Waals surface area contributed by atoms with E-state index < -0.39 is 17.1 Å². The molecule has 0 aromatic heterocycles. The van der Waals surface area contributed by atoms with E-state index in [1.54, 1.807) is 18.2 Å². The number of benzene rings is 2. The number of nitrogens with zero attached hydrogens (tertiary/aromatic N) is 2. The summed E-state index contributed by atoms with van der Waals surface area (Å²) >= 11 is 4.38. The van der Waals surface area contributed by atoms with Gasteiger partial charge in [0.1, 0.15) is 11.0 Å². The van der Waals surface area contributed by atoms with Crippen LogP contribution in [-0.2, 0) is 20.9 Å². The van der Waals surface area contributed by atoms with E-state index >= 15 is 0 Å². The molecule has 1 unspecified atom stereocenters. The summed E-state index contributed by atoms with van der Waals surface area (Å²) in [5.74, 6) is -1.32. The maximum Gasteiger partial charge on any atom is 0.305 e. The van der Waals surface area contributed by atoms with Gasteiger partial charge in [-0.05, 0) is 23.8 Å². The average molecular weight is 519 g/mol. The Balaban J connectivity index is 1.58. The van der Waals surface area contributed by atoms with Crippen molar-refractivity contribution in [1.29, 1.82) is 0 Å². The fourth-order valence-electron chi connectivity index (χ4n) is 2.63. The van der Waals surface area contributed by atoms with Crippen LogP contribution in [0.5, 0.6) is 5.75 Å². The molecular weight excluding hydrogens is 500 g/mol. The van der Waals surface area contributed by atoms with E-state index in [1.807, 2.05) is 30.3 Å². The van der Waals surface area contributed by atoms with Gasteiger partial charge in [-0.25, -0.2) is 0 Å². The summed E-state index contributed by atoms with van der Waals surface area (Å²) < 4.78 is 6.41. The maximum atomic E-state index is 12.1. The molecule has 11 heteroatoms. The van der Waals surface area contributed by atoms with Crippen LogP contribution in [0.25, 0.3) is 0 Å². The van der Waals surface area contributed by atoms with Crippen LogP contribution < -0.4 is 15.4 Å². The molecule has 1 aliphatic rings. The second kappa shape index (κ2) is 11.4. The number of amides is 2. The van der Waals surface area contributed by atoms with E-state index in [1.165, 1.54) is 6.21 Å². The van der Waals surface area contributed by atoms with Gasteiger partial charge in [0.05, 0.1) is 12.6 Å². The molecule has 9 nitrogen and oxygen atoms in total. The molecule has 2 aromatic carbocycles. The topological polar surface area (TPSA) is 129 Å². The van der Waals surface area contributed by atoms with Gasteiger partial charge in [0.25, 0.3) is 5.91 Å². The zero-order valence-electron chi connectivity index (χ0n) is 16.7. The summed E-state index contributed by atoms with van der Waals surface area (Å²) in [7, 11) is 0. The fraction of sp³-hybridized carbons (Fsp3) is 0.190. The SMILES string of the molecule is O=C(O)CC1SC(=NN=Cc2cc(Br)ccc2OCC(=O)NCc2ccccc2)NC1=O. The van der Waals surface area contributed by atoms with E-state index in [2.05, 4.69) is 36.8 Å². The molecule has 32 heavy (non-hydrogen) atoms. The zero-order chi connectivity index (χ0) is 22.9. The molecule has 1 saturated heterocycles. The van der Waals surface area contributed by atoms with Gasteiger partial charge in [-0.3, -0.25) is 14.4 Å². The van der Waals surface area contributed by atoms with Crippen molar-refractivity contribution >= 4 is 56.9 Å². The number of thioether (sulfide) groups is 1. The standard InChI is InChI=1S/C21H19BrN4O5S/c22-15-6-7-16(31-12-18(27)23-10-13-4-2-1-3-5-13)14(8-15)11-24-26-21-25-20(30)17(32-21)9-19(28)29/h1-8,11,17H,9-10,12H2,(H,23,27)(H,28,29)(H,25,26,30).